The van der Waals surface area contributed by atoms with Gasteiger partial charge in [-0.2, -0.15) is 8.78 Å². The molecule has 1 aromatic carbocycles. The summed E-state index contributed by atoms with van der Waals surface area (Å²) in [4.78, 5) is 13.1. The lowest BCUT2D eigenvalue weighted by molar-refractivity contribution is -0.0497. The molecule has 6 heteroatoms. The fourth-order valence-electron chi connectivity index (χ4n) is 1.10. The highest BCUT2D eigenvalue weighted by Crippen LogP contribution is 2.19. The molecule has 0 aliphatic rings. The van der Waals surface area contributed by atoms with Crippen molar-refractivity contribution >= 4 is 11.1 Å². The van der Waals surface area contributed by atoms with E-state index in [2.05, 4.69) is 14.1 Å². The molecule has 0 atom stereocenters. The zero-order chi connectivity index (χ0) is 10.1. The molecule has 0 aliphatic heterocycles. The first-order chi connectivity index (χ1) is 6.65. The van der Waals surface area contributed by atoms with Crippen LogP contribution < -0.4 is 10.5 Å². The predicted molar refractivity (Wildman–Crippen MR) is 43.5 cm³/mol. The van der Waals surface area contributed by atoms with Gasteiger partial charge in [0.2, 0.25) is 0 Å². The zero-order valence-corrected chi connectivity index (χ0v) is 6.79. The first kappa shape index (κ1) is 8.74. The molecule has 0 saturated heterocycles. The Morgan fingerprint density at radius 1 is 1.43 bits per heavy atom. The van der Waals surface area contributed by atoms with Crippen molar-refractivity contribution in [2.24, 2.45) is 0 Å². The van der Waals surface area contributed by atoms with Crippen LogP contribution in [0.4, 0.5) is 8.78 Å². The summed E-state index contributed by atoms with van der Waals surface area (Å²) >= 11 is 0. The predicted octanol–water partition coefficient (Wildman–Crippen LogP) is 1.72. The van der Waals surface area contributed by atoms with E-state index in [1.165, 1.54) is 18.2 Å². The first-order valence-corrected chi connectivity index (χ1v) is 3.73. The van der Waals surface area contributed by atoms with E-state index in [4.69, 9.17) is 0 Å². The van der Waals surface area contributed by atoms with Crippen molar-refractivity contribution in [3.05, 3.63) is 28.7 Å². The number of oxazole rings is 1. The average Bonchev–Trinajstić information content (AvgIpc) is 2.42. The average molecular weight is 201 g/mol. The molecule has 1 heterocycles. The van der Waals surface area contributed by atoms with Crippen LogP contribution in [-0.2, 0) is 0 Å². The van der Waals surface area contributed by atoms with Crippen molar-refractivity contribution in [2.75, 3.05) is 0 Å². The van der Waals surface area contributed by atoms with Crippen LogP contribution in [0.2, 0.25) is 0 Å². The van der Waals surface area contributed by atoms with E-state index < -0.39 is 12.4 Å². The van der Waals surface area contributed by atoms with Gasteiger partial charge < -0.3 is 9.15 Å². The van der Waals surface area contributed by atoms with Crippen LogP contribution in [0.1, 0.15) is 0 Å². The van der Waals surface area contributed by atoms with Gasteiger partial charge in [0.1, 0.15) is 5.75 Å². The maximum atomic E-state index is 11.8. The Hall–Kier alpha value is -1.85. The minimum absolute atomic E-state index is 0.0461. The fourth-order valence-corrected chi connectivity index (χ4v) is 1.10. The van der Waals surface area contributed by atoms with Crippen molar-refractivity contribution in [2.45, 2.75) is 6.61 Å². The van der Waals surface area contributed by atoms with Crippen LogP contribution in [-0.4, -0.2) is 11.6 Å². The highest BCUT2D eigenvalue weighted by Gasteiger charge is 2.06. The number of nitrogens with one attached hydrogen (secondary N) is 1. The third kappa shape index (κ3) is 1.59. The molecule has 0 aliphatic carbocycles. The zero-order valence-electron chi connectivity index (χ0n) is 6.79. The molecule has 0 fully saturated rings. The Kier molecular flexibility index (Phi) is 1.95. The maximum absolute atomic E-state index is 11.8. The molecule has 0 saturated carbocycles. The highest BCUT2D eigenvalue weighted by atomic mass is 19.3. The summed E-state index contributed by atoms with van der Waals surface area (Å²) in [5.41, 5.74) is 0.629. The van der Waals surface area contributed by atoms with Crippen molar-refractivity contribution in [3.63, 3.8) is 0 Å². The number of H-pyrrole nitrogens is 1. The summed E-state index contributed by atoms with van der Waals surface area (Å²) in [5, 5.41) is 0. The first-order valence-electron chi connectivity index (χ1n) is 3.73. The number of hydrogen-bond donors (Lipinski definition) is 1. The lowest BCUT2D eigenvalue weighted by atomic mass is 10.3. The lowest BCUT2D eigenvalue weighted by Gasteiger charge is -2.02. The number of halogens is 2. The molecule has 0 spiro atoms. The normalized spacial score (nSPS) is 11.1. The standard InChI is InChI=1S/C8H5F2NO3/c9-7(10)13-4-1-2-5-6(3-4)14-8(12)11-5/h1-3,7H,(H,11,12). The topological polar surface area (TPSA) is 55.2 Å². The second-order valence-electron chi connectivity index (χ2n) is 2.55. The van der Waals surface area contributed by atoms with Gasteiger partial charge >= 0.3 is 12.4 Å². The van der Waals surface area contributed by atoms with Crippen LogP contribution in [0.5, 0.6) is 5.75 Å². The van der Waals surface area contributed by atoms with Crippen LogP contribution in [0.15, 0.2) is 27.4 Å². The van der Waals surface area contributed by atoms with Gasteiger partial charge in [-0.25, -0.2) is 4.79 Å². The molecule has 0 radical (unpaired) electrons. The molecular weight excluding hydrogens is 196 g/mol. The molecule has 2 rings (SSSR count). The number of aromatic nitrogens is 1. The van der Waals surface area contributed by atoms with Crippen LogP contribution in [0.25, 0.3) is 11.1 Å². The summed E-state index contributed by atoms with van der Waals surface area (Å²) < 4.78 is 32.4. The van der Waals surface area contributed by atoms with E-state index in [1.54, 1.807) is 0 Å². The van der Waals surface area contributed by atoms with Gasteiger partial charge in [0.15, 0.2) is 5.58 Å². The third-order valence-electron chi connectivity index (χ3n) is 1.62. The van der Waals surface area contributed by atoms with Gasteiger partial charge in [-0.15, -0.1) is 0 Å². The van der Waals surface area contributed by atoms with Crippen molar-refractivity contribution in [3.8, 4) is 5.75 Å². The van der Waals surface area contributed by atoms with E-state index in [-0.39, 0.29) is 11.3 Å². The van der Waals surface area contributed by atoms with Gasteiger partial charge in [0, 0.05) is 6.07 Å². The molecule has 14 heavy (non-hydrogen) atoms. The van der Waals surface area contributed by atoms with E-state index in [9.17, 15) is 13.6 Å². The second-order valence-corrected chi connectivity index (χ2v) is 2.55. The smallest absolute Gasteiger partial charge is 0.417 e. The van der Waals surface area contributed by atoms with Gasteiger partial charge in [-0.3, -0.25) is 4.98 Å². The molecule has 0 unspecified atom stereocenters. The van der Waals surface area contributed by atoms with Gasteiger partial charge in [-0.1, -0.05) is 0 Å². The number of benzene rings is 1. The quantitative estimate of drug-likeness (QED) is 0.804. The number of fused-ring (bicyclic) bond motifs is 1. The Labute approximate surface area is 76.1 Å². The van der Waals surface area contributed by atoms with Gasteiger partial charge in [0.25, 0.3) is 0 Å². The number of alkyl halides is 2. The summed E-state index contributed by atoms with van der Waals surface area (Å²) in [5.74, 6) is -0.676. The number of hydrogen-bond acceptors (Lipinski definition) is 3. The third-order valence-corrected chi connectivity index (χ3v) is 1.62. The summed E-state index contributed by atoms with van der Waals surface area (Å²) in [6.45, 7) is -2.89. The minimum Gasteiger partial charge on any atom is -0.435 e. The Morgan fingerprint density at radius 3 is 2.93 bits per heavy atom. The second kappa shape index (κ2) is 3.13. The molecule has 2 aromatic rings. The number of aromatic amines is 1. The van der Waals surface area contributed by atoms with Crippen LogP contribution >= 0.6 is 0 Å². The van der Waals surface area contributed by atoms with Crippen LogP contribution in [0.3, 0.4) is 0 Å². The lowest BCUT2D eigenvalue weighted by Crippen LogP contribution is -2.01. The molecule has 0 bridgehead atoms. The van der Waals surface area contributed by atoms with E-state index in [0.717, 1.165) is 0 Å². The summed E-state index contributed by atoms with van der Waals surface area (Å²) in [7, 11) is 0. The summed E-state index contributed by atoms with van der Waals surface area (Å²) in [6.07, 6.45) is 0. The molecule has 1 N–H and O–H groups in total. The fraction of sp³-hybridized carbons (Fsp3) is 0.125. The molecule has 4 nitrogen and oxygen atoms in total. The van der Waals surface area contributed by atoms with Gasteiger partial charge in [-0.05, 0) is 12.1 Å². The van der Waals surface area contributed by atoms with E-state index in [0.29, 0.717) is 5.52 Å². The molecule has 1 aromatic heterocycles. The van der Waals surface area contributed by atoms with Crippen molar-refractivity contribution < 1.29 is 17.9 Å². The Morgan fingerprint density at radius 2 is 2.21 bits per heavy atom. The maximum Gasteiger partial charge on any atom is 0.417 e. The minimum atomic E-state index is -2.89. The molecule has 74 valence electrons. The van der Waals surface area contributed by atoms with E-state index >= 15 is 0 Å². The Balaban J connectivity index is 2.45. The van der Waals surface area contributed by atoms with Crippen molar-refractivity contribution in [1.29, 1.82) is 0 Å². The summed E-state index contributed by atoms with van der Waals surface area (Å²) in [6, 6.07) is 3.97. The van der Waals surface area contributed by atoms with E-state index in [1.807, 2.05) is 0 Å². The SMILES string of the molecule is O=c1[nH]c2ccc(OC(F)F)cc2o1. The highest BCUT2D eigenvalue weighted by molar-refractivity contribution is 5.73. The van der Waals surface area contributed by atoms with Crippen molar-refractivity contribution in [1.82, 2.24) is 4.98 Å². The Bertz CT molecular complexity index is 503. The number of ether oxygens (including phenoxy) is 1. The number of rotatable bonds is 2. The monoisotopic (exact) mass is 201 g/mol. The largest absolute Gasteiger partial charge is 0.435 e. The molecule has 0 amide bonds. The molecular formula is C8H5F2NO3. The van der Waals surface area contributed by atoms with Crippen LogP contribution in [0, 0.1) is 0 Å². The van der Waals surface area contributed by atoms with Gasteiger partial charge in [0.05, 0.1) is 5.52 Å².